The second-order valence-corrected chi connectivity index (χ2v) is 6.01. The lowest BCUT2D eigenvalue weighted by Crippen LogP contribution is -2.38. The Balaban J connectivity index is 1.66. The molecule has 0 bridgehead atoms. The van der Waals surface area contributed by atoms with Crippen LogP contribution < -0.4 is 10.1 Å². The van der Waals surface area contributed by atoms with Gasteiger partial charge in [0.1, 0.15) is 12.4 Å². The summed E-state index contributed by atoms with van der Waals surface area (Å²) in [4.78, 5) is 19.8. The van der Waals surface area contributed by atoms with Crippen molar-refractivity contribution in [2.24, 2.45) is 0 Å². The lowest BCUT2D eigenvalue weighted by Gasteiger charge is -2.21. The molecule has 1 amide bonds. The number of halogens is 4. The predicted molar refractivity (Wildman–Crippen MR) is 95.5 cm³/mol. The van der Waals surface area contributed by atoms with Crippen molar-refractivity contribution in [3.05, 3.63) is 89.6 Å². The molecule has 1 atom stereocenters. The highest BCUT2D eigenvalue weighted by atomic mass is 19.4. The fraction of sp³-hybridized carbons (Fsp3) is 0.150. The summed E-state index contributed by atoms with van der Waals surface area (Å²) in [5, 5.41) is 1.92. The Morgan fingerprint density at radius 2 is 1.90 bits per heavy atom. The zero-order chi connectivity index (χ0) is 20.9. The average molecular weight is 405 g/mol. The lowest BCUT2D eigenvalue weighted by atomic mass is 10.1. The Morgan fingerprint density at radius 1 is 1.07 bits per heavy atom. The summed E-state index contributed by atoms with van der Waals surface area (Å²) >= 11 is 0. The van der Waals surface area contributed by atoms with Crippen molar-refractivity contribution in [3.63, 3.8) is 0 Å². The van der Waals surface area contributed by atoms with Crippen LogP contribution in [0.4, 0.5) is 17.6 Å². The van der Waals surface area contributed by atoms with Gasteiger partial charge in [0, 0.05) is 18.5 Å². The van der Waals surface area contributed by atoms with E-state index in [1.54, 1.807) is 6.07 Å². The Bertz CT molecular complexity index is 963. The molecular weight excluding hydrogens is 390 g/mol. The van der Waals surface area contributed by atoms with Gasteiger partial charge in [0.25, 0.3) is 5.91 Å². The van der Waals surface area contributed by atoms with Crippen molar-refractivity contribution < 1.29 is 27.1 Å². The highest BCUT2D eigenvalue weighted by molar-refractivity contribution is 5.94. The molecule has 150 valence electrons. The molecule has 0 saturated heterocycles. The van der Waals surface area contributed by atoms with Gasteiger partial charge in [0.05, 0.1) is 11.3 Å². The quantitative estimate of drug-likeness (QED) is 0.624. The third kappa shape index (κ3) is 5.50. The zero-order valence-electron chi connectivity index (χ0n) is 14.9. The van der Waals surface area contributed by atoms with Crippen LogP contribution in [0.1, 0.15) is 27.7 Å². The second kappa shape index (κ2) is 8.68. The van der Waals surface area contributed by atoms with Crippen LogP contribution >= 0.6 is 0 Å². The van der Waals surface area contributed by atoms with E-state index < -0.39 is 23.9 Å². The van der Waals surface area contributed by atoms with Crippen molar-refractivity contribution >= 4 is 5.91 Å². The molecule has 0 fully saturated rings. The minimum absolute atomic E-state index is 0.0477. The summed E-state index contributed by atoms with van der Waals surface area (Å²) in [7, 11) is 0. The molecule has 9 heteroatoms. The van der Waals surface area contributed by atoms with E-state index in [-0.39, 0.29) is 23.7 Å². The van der Waals surface area contributed by atoms with Crippen molar-refractivity contribution in [1.82, 2.24) is 15.3 Å². The molecule has 0 aliphatic rings. The van der Waals surface area contributed by atoms with Crippen LogP contribution in [0.25, 0.3) is 0 Å². The second-order valence-electron chi connectivity index (χ2n) is 6.01. The molecule has 0 aliphatic heterocycles. The molecule has 0 saturated carbocycles. The number of amides is 1. The monoisotopic (exact) mass is 405 g/mol. The van der Waals surface area contributed by atoms with Crippen molar-refractivity contribution in [2.75, 3.05) is 0 Å². The van der Waals surface area contributed by atoms with Gasteiger partial charge >= 0.3 is 6.18 Å². The molecule has 1 unspecified atom stereocenters. The Morgan fingerprint density at radius 3 is 2.52 bits per heavy atom. The number of nitrogens with zero attached hydrogens (tertiary/aromatic N) is 2. The molecule has 2 heterocycles. The number of pyridine rings is 2. The van der Waals surface area contributed by atoms with Gasteiger partial charge in [0.15, 0.2) is 6.04 Å². The number of carbonyl (C=O) groups excluding carboxylic acids is 1. The highest BCUT2D eigenvalue weighted by Gasteiger charge is 2.42. The van der Waals surface area contributed by atoms with Crippen LogP contribution in [0.15, 0.2) is 67.0 Å². The van der Waals surface area contributed by atoms with Crippen LogP contribution in [0.3, 0.4) is 0 Å². The molecule has 1 N–H and O–H groups in total. The molecule has 5 nitrogen and oxygen atoms in total. The SMILES string of the molecule is O=C(NC(c1ccccn1)C(F)(F)F)c1ccc(OCc2cccc(F)c2)nc1. The van der Waals surface area contributed by atoms with Crippen LogP contribution in [-0.2, 0) is 6.61 Å². The Kier molecular flexibility index (Phi) is 6.06. The van der Waals surface area contributed by atoms with E-state index in [2.05, 4.69) is 9.97 Å². The molecule has 3 aromatic rings. The highest BCUT2D eigenvalue weighted by Crippen LogP contribution is 2.31. The number of alkyl halides is 3. The summed E-state index contributed by atoms with van der Waals surface area (Å²) < 4.78 is 58.5. The van der Waals surface area contributed by atoms with Gasteiger partial charge < -0.3 is 10.1 Å². The zero-order valence-corrected chi connectivity index (χ0v) is 14.9. The first-order valence-corrected chi connectivity index (χ1v) is 8.45. The van der Waals surface area contributed by atoms with Gasteiger partial charge in [-0.1, -0.05) is 18.2 Å². The first-order chi connectivity index (χ1) is 13.8. The summed E-state index contributed by atoms with van der Waals surface area (Å²) in [6.45, 7) is 0.0477. The molecule has 29 heavy (non-hydrogen) atoms. The standard InChI is InChI=1S/C20H15F4N3O2/c21-15-5-3-4-13(10-15)12-29-17-8-7-14(11-26-17)19(28)27-18(20(22,23)24)16-6-1-2-9-25-16/h1-11,18H,12H2,(H,27,28). The maximum absolute atomic E-state index is 13.3. The minimum atomic E-state index is -4.72. The maximum Gasteiger partial charge on any atom is 0.414 e. The van der Waals surface area contributed by atoms with E-state index in [4.69, 9.17) is 4.74 Å². The first-order valence-electron chi connectivity index (χ1n) is 8.45. The Hall–Kier alpha value is -3.49. The average Bonchev–Trinajstić information content (AvgIpc) is 2.70. The molecule has 0 spiro atoms. The third-order valence-corrected chi connectivity index (χ3v) is 3.86. The van der Waals surface area contributed by atoms with Crippen molar-refractivity contribution in [1.29, 1.82) is 0 Å². The number of rotatable bonds is 6. The van der Waals surface area contributed by atoms with Gasteiger partial charge in [-0.25, -0.2) is 9.37 Å². The van der Waals surface area contributed by atoms with E-state index in [0.29, 0.717) is 5.56 Å². The molecule has 0 aliphatic carbocycles. The summed E-state index contributed by atoms with van der Waals surface area (Å²) in [5.74, 6) is -1.22. The molecule has 0 radical (unpaired) electrons. The number of carbonyl (C=O) groups is 1. The maximum atomic E-state index is 13.3. The van der Waals surface area contributed by atoms with E-state index in [1.807, 2.05) is 5.32 Å². The van der Waals surface area contributed by atoms with Crippen molar-refractivity contribution in [3.8, 4) is 5.88 Å². The van der Waals surface area contributed by atoms with Crippen LogP contribution in [0, 0.1) is 5.82 Å². The fourth-order valence-electron chi connectivity index (χ4n) is 2.47. The minimum Gasteiger partial charge on any atom is -0.473 e. The van der Waals surface area contributed by atoms with Crippen molar-refractivity contribution in [2.45, 2.75) is 18.8 Å². The smallest absolute Gasteiger partial charge is 0.414 e. The van der Waals surface area contributed by atoms with Gasteiger partial charge in [0.2, 0.25) is 5.88 Å². The molecular formula is C20H15F4N3O2. The number of benzene rings is 1. The predicted octanol–water partition coefficient (Wildman–Crippen LogP) is 4.23. The topological polar surface area (TPSA) is 64.1 Å². The number of ether oxygens (including phenoxy) is 1. The largest absolute Gasteiger partial charge is 0.473 e. The third-order valence-electron chi connectivity index (χ3n) is 3.86. The number of aromatic nitrogens is 2. The van der Waals surface area contributed by atoms with E-state index >= 15 is 0 Å². The van der Waals surface area contributed by atoms with Crippen LogP contribution in [0.5, 0.6) is 5.88 Å². The Labute approximate surface area is 163 Å². The lowest BCUT2D eigenvalue weighted by molar-refractivity contribution is -0.156. The summed E-state index contributed by atoms with van der Waals surface area (Å²) in [6.07, 6.45) is -2.40. The van der Waals surface area contributed by atoms with Gasteiger partial charge in [-0.2, -0.15) is 13.2 Å². The van der Waals surface area contributed by atoms with E-state index in [9.17, 15) is 22.4 Å². The normalized spacial score (nSPS) is 12.3. The van der Waals surface area contributed by atoms with Gasteiger partial charge in [-0.3, -0.25) is 9.78 Å². The van der Waals surface area contributed by atoms with E-state index in [1.165, 1.54) is 54.7 Å². The summed E-state index contributed by atoms with van der Waals surface area (Å²) in [6, 6.07) is 10.2. The number of hydrogen-bond acceptors (Lipinski definition) is 4. The fourth-order valence-corrected chi connectivity index (χ4v) is 2.47. The number of nitrogens with one attached hydrogen (secondary N) is 1. The summed E-state index contributed by atoms with van der Waals surface area (Å²) in [5.41, 5.74) is 0.182. The van der Waals surface area contributed by atoms with Crippen LogP contribution in [-0.4, -0.2) is 22.1 Å². The molecule has 2 aromatic heterocycles. The van der Waals surface area contributed by atoms with Crippen LogP contribution in [0.2, 0.25) is 0 Å². The van der Waals surface area contributed by atoms with E-state index in [0.717, 1.165) is 6.20 Å². The first kappa shape index (κ1) is 20.2. The van der Waals surface area contributed by atoms with Gasteiger partial charge in [-0.05, 0) is 35.9 Å². The molecule has 3 rings (SSSR count). The number of hydrogen-bond donors (Lipinski definition) is 1. The van der Waals surface area contributed by atoms with Gasteiger partial charge in [-0.15, -0.1) is 0 Å². The molecule has 1 aromatic carbocycles.